The molecule has 0 unspecified atom stereocenters. The maximum absolute atomic E-state index is 12.4. The number of ether oxygens (including phenoxy) is 1. The summed E-state index contributed by atoms with van der Waals surface area (Å²) in [7, 11) is 0. The monoisotopic (exact) mass is 560 g/mol. The van der Waals surface area contributed by atoms with Crippen molar-refractivity contribution in [2.45, 2.75) is 26.2 Å². The number of hydrogen-bond donors (Lipinski definition) is 1. The second-order valence-corrected chi connectivity index (χ2v) is 9.19. The first kappa shape index (κ1) is 22.6. The van der Waals surface area contributed by atoms with Gasteiger partial charge >= 0.3 is 0 Å². The highest BCUT2D eigenvalue weighted by Gasteiger charge is 2.13. The number of nitrogens with one attached hydrogen (secondary N) is 1. The van der Waals surface area contributed by atoms with Gasteiger partial charge < -0.3 is 14.5 Å². The number of hydrogen-bond acceptors (Lipinski definition) is 4. The molecule has 0 bridgehead atoms. The third-order valence-corrected chi connectivity index (χ3v) is 6.26. The molecule has 7 heteroatoms. The van der Waals surface area contributed by atoms with Crippen molar-refractivity contribution in [2.24, 2.45) is 0 Å². The molecule has 1 amide bonds. The Morgan fingerprint density at radius 2 is 1.94 bits per heavy atom. The third kappa shape index (κ3) is 5.24. The molecule has 1 atom stereocenters. The first-order chi connectivity index (χ1) is 15.4. The minimum atomic E-state index is -0.250. The van der Waals surface area contributed by atoms with Gasteiger partial charge in [-0.05, 0) is 89.0 Å². The number of aromatic nitrogens is 1. The summed E-state index contributed by atoms with van der Waals surface area (Å²) in [6.45, 7) is 4.27. The highest BCUT2D eigenvalue weighted by molar-refractivity contribution is 14.1. The second kappa shape index (κ2) is 9.92. The van der Waals surface area contributed by atoms with Crippen LogP contribution in [0.4, 0.5) is 5.69 Å². The molecular formula is C25H22ClIN2O3. The van der Waals surface area contributed by atoms with Crippen LogP contribution in [0, 0.1) is 3.57 Å². The molecule has 0 radical (unpaired) electrons. The number of oxazole rings is 1. The van der Waals surface area contributed by atoms with Crippen LogP contribution < -0.4 is 10.1 Å². The molecule has 0 aliphatic carbocycles. The van der Waals surface area contributed by atoms with Gasteiger partial charge in [-0.3, -0.25) is 4.79 Å². The van der Waals surface area contributed by atoms with Crippen LogP contribution in [0.2, 0.25) is 5.02 Å². The lowest BCUT2D eigenvalue weighted by Gasteiger charge is -2.11. The van der Waals surface area contributed by atoms with Crippen molar-refractivity contribution in [2.75, 3.05) is 11.9 Å². The van der Waals surface area contributed by atoms with Gasteiger partial charge in [0, 0.05) is 9.26 Å². The smallest absolute Gasteiger partial charge is 0.262 e. The summed E-state index contributed by atoms with van der Waals surface area (Å²) >= 11 is 8.52. The number of rotatable bonds is 7. The van der Waals surface area contributed by atoms with Gasteiger partial charge in [-0.15, -0.1) is 0 Å². The number of benzene rings is 3. The molecule has 1 N–H and O–H groups in total. The van der Waals surface area contributed by atoms with Gasteiger partial charge in [0.1, 0.15) is 11.3 Å². The Morgan fingerprint density at radius 3 is 2.69 bits per heavy atom. The lowest BCUT2D eigenvalue weighted by molar-refractivity contribution is -0.118. The normalized spacial score (nSPS) is 12.0. The van der Waals surface area contributed by atoms with Crippen molar-refractivity contribution in [3.63, 3.8) is 0 Å². The van der Waals surface area contributed by atoms with Crippen molar-refractivity contribution in [1.82, 2.24) is 4.98 Å². The average molecular weight is 561 g/mol. The lowest BCUT2D eigenvalue weighted by Crippen LogP contribution is -2.20. The van der Waals surface area contributed by atoms with Crippen LogP contribution in [0.3, 0.4) is 0 Å². The van der Waals surface area contributed by atoms with Crippen LogP contribution in [-0.2, 0) is 4.79 Å². The maximum atomic E-state index is 12.4. The van der Waals surface area contributed by atoms with Crippen molar-refractivity contribution >= 4 is 56.9 Å². The molecule has 3 aromatic carbocycles. The van der Waals surface area contributed by atoms with Gasteiger partial charge in [-0.2, -0.15) is 0 Å². The Labute approximate surface area is 205 Å². The van der Waals surface area contributed by atoms with Crippen LogP contribution in [0.1, 0.15) is 31.7 Å². The minimum absolute atomic E-state index is 0.0805. The Bertz CT molecular complexity index is 1250. The summed E-state index contributed by atoms with van der Waals surface area (Å²) in [5, 5.41) is 3.41. The molecule has 0 spiro atoms. The number of fused-ring (bicyclic) bond motifs is 1. The van der Waals surface area contributed by atoms with E-state index in [2.05, 4.69) is 46.7 Å². The number of amides is 1. The molecule has 0 aliphatic rings. The highest BCUT2D eigenvalue weighted by atomic mass is 127. The predicted octanol–water partition coefficient (Wildman–Crippen LogP) is 7.28. The Hall–Kier alpha value is -2.58. The Morgan fingerprint density at radius 1 is 1.16 bits per heavy atom. The van der Waals surface area contributed by atoms with E-state index >= 15 is 0 Å². The van der Waals surface area contributed by atoms with E-state index in [1.807, 2.05) is 42.5 Å². The topological polar surface area (TPSA) is 64.4 Å². The number of carbonyl (C=O) groups is 1. The van der Waals surface area contributed by atoms with E-state index in [1.54, 1.807) is 18.2 Å². The number of nitrogens with zero attached hydrogens (tertiary/aromatic N) is 1. The zero-order chi connectivity index (χ0) is 22.7. The van der Waals surface area contributed by atoms with Gasteiger partial charge in [0.05, 0.1) is 10.6 Å². The first-order valence-corrected chi connectivity index (χ1v) is 11.8. The van der Waals surface area contributed by atoms with Gasteiger partial charge in [-0.25, -0.2) is 4.98 Å². The molecule has 1 heterocycles. The summed E-state index contributed by atoms with van der Waals surface area (Å²) < 4.78 is 12.5. The molecule has 4 rings (SSSR count). The van der Waals surface area contributed by atoms with Crippen LogP contribution in [-0.4, -0.2) is 17.5 Å². The van der Waals surface area contributed by atoms with Gasteiger partial charge in [0.15, 0.2) is 12.2 Å². The fourth-order valence-electron chi connectivity index (χ4n) is 3.26. The van der Waals surface area contributed by atoms with Gasteiger partial charge in [-0.1, -0.05) is 37.6 Å². The van der Waals surface area contributed by atoms with Crippen LogP contribution >= 0.6 is 34.2 Å². The van der Waals surface area contributed by atoms with Gasteiger partial charge in [0.2, 0.25) is 5.89 Å². The van der Waals surface area contributed by atoms with Crippen molar-refractivity contribution in [3.8, 4) is 17.2 Å². The van der Waals surface area contributed by atoms with E-state index < -0.39 is 0 Å². The summed E-state index contributed by atoms with van der Waals surface area (Å²) in [6.07, 6.45) is 1.08. The second-order valence-electron chi connectivity index (χ2n) is 7.54. The molecule has 0 saturated heterocycles. The molecule has 32 heavy (non-hydrogen) atoms. The van der Waals surface area contributed by atoms with Gasteiger partial charge in [0.25, 0.3) is 5.91 Å². The predicted molar refractivity (Wildman–Crippen MR) is 136 cm³/mol. The molecule has 1 aromatic heterocycles. The highest BCUT2D eigenvalue weighted by Crippen LogP contribution is 2.32. The summed E-state index contributed by atoms with van der Waals surface area (Å²) in [5.41, 5.74) is 3.86. The fraction of sp³-hybridized carbons (Fsp3) is 0.200. The summed E-state index contributed by atoms with van der Waals surface area (Å²) in [5.74, 6) is 1.36. The molecule has 4 aromatic rings. The summed E-state index contributed by atoms with van der Waals surface area (Å²) in [4.78, 5) is 16.9. The average Bonchev–Trinajstić information content (AvgIpc) is 3.22. The molecule has 5 nitrogen and oxygen atoms in total. The van der Waals surface area contributed by atoms with Crippen molar-refractivity contribution in [1.29, 1.82) is 0 Å². The first-order valence-electron chi connectivity index (χ1n) is 10.3. The standard InChI is InChI=1S/C25H22ClIN2O3/c1-3-15(2)16-4-8-19(9-5-16)31-14-24(30)28-18-7-11-23-22(13-18)29-25(32-23)20-12-17(27)6-10-21(20)26/h4-13,15H,3,14H2,1-2H3,(H,28,30)/t15-/m0/s1. The Kier molecular flexibility index (Phi) is 7.01. The van der Waals surface area contributed by atoms with Crippen molar-refractivity contribution < 1.29 is 13.9 Å². The number of carbonyl (C=O) groups excluding carboxylic acids is 1. The van der Waals surface area contributed by atoms with E-state index in [0.29, 0.717) is 39.4 Å². The van der Waals surface area contributed by atoms with Crippen LogP contribution in [0.25, 0.3) is 22.6 Å². The van der Waals surface area contributed by atoms with E-state index in [1.165, 1.54) is 5.56 Å². The molecule has 0 aliphatic heterocycles. The molecule has 0 fully saturated rings. The number of anilines is 1. The lowest BCUT2D eigenvalue weighted by atomic mass is 9.99. The minimum Gasteiger partial charge on any atom is -0.484 e. The SMILES string of the molecule is CC[C@H](C)c1ccc(OCC(=O)Nc2ccc3oc(-c4cc(I)ccc4Cl)nc3c2)cc1. The zero-order valence-electron chi connectivity index (χ0n) is 17.7. The quantitative estimate of drug-likeness (QED) is 0.241. The zero-order valence-corrected chi connectivity index (χ0v) is 20.6. The van der Waals surface area contributed by atoms with Crippen molar-refractivity contribution in [3.05, 3.63) is 74.8 Å². The van der Waals surface area contributed by atoms with E-state index in [-0.39, 0.29) is 12.5 Å². The largest absolute Gasteiger partial charge is 0.484 e. The molecule has 0 saturated carbocycles. The Balaban J connectivity index is 1.41. The molecule has 164 valence electrons. The van der Waals surface area contributed by atoms with Crippen LogP contribution in [0.15, 0.2) is 65.1 Å². The number of halogens is 2. The molecular weight excluding hydrogens is 539 g/mol. The maximum Gasteiger partial charge on any atom is 0.262 e. The fourth-order valence-corrected chi connectivity index (χ4v) is 3.95. The van der Waals surface area contributed by atoms with E-state index in [9.17, 15) is 4.79 Å². The van der Waals surface area contributed by atoms with E-state index in [0.717, 1.165) is 15.6 Å². The summed E-state index contributed by atoms with van der Waals surface area (Å²) in [6, 6.07) is 18.8. The third-order valence-electron chi connectivity index (χ3n) is 5.26. The van der Waals surface area contributed by atoms with E-state index in [4.69, 9.17) is 20.8 Å². The van der Waals surface area contributed by atoms with Crippen LogP contribution in [0.5, 0.6) is 5.75 Å².